The zero-order valence-corrected chi connectivity index (χ0v) is 12.5. The van der Waals surface area contributed by atoms with Crippen molar-refractivity contribution in [1.29, 1.82) is 0 Å². The van der Waals surface area contributed by atoms with E-state index in [0.29, 0.717) is 16.5 Å². The van der Waals surface area contributed by atoms with Crippen molar-refractivity contribution in [3.05, 3.63) is 33.8 Å². The molecular formula is C14H21Cl2N. The Morgan fingerprint density at radius 2 is 1.88 bits per heavy atom. The zero-order chi connectivity index (χ0) is 13.1. The Hall–Kier alpha value is -0.240. The number of halogens is 2. The van der Waals surface area contributed by atoms with Gasteiger partial charge in [0.2, 0.25) is 0 Å². The van der Waals surface area contributed by atoms with Gasteiger partial charge in [0.25, 0.3) is 0 Å². The Labute approximate surface area is 115 Å². The van der Waals surface area contributed by atoms with Crippen LogP contribution in [0.15, 0.2) is 18.2 Å². The molecule has 0 fully saturated rings. The van der Waals surface area contributed by atoms with Crippen molar-refractivity contribution in [3.8, 4) is 0 Å². The highest BCUT2D eigenvalue weighted by molar-refractivity contribution is 6.35. The first-order chi connectivity index (χ1) is 7.83. The number of hydrogen-bond acceptors (Lipinski definition) is 1. The third-order valence-electron chi connectivity index (χ3n) is 2.87. The third kappa shape index (κ3) is 4.87. The first kappa shape index (κ1) is 14.8. The minimum atomic E-state index is 0.291. The van der Waals surface area contributed by atoms with Gasteiger partial charge >= 0.3 is 0 Å². The van der Waals surface area contributed by atoms with Crippen molar-refractivity contribution in [1.82, 2.24) is 5.32 Å². The van der Waals surface area contributed by atoms with E-state index in [9.17, 15) is 0 Å². The van der Waals surface area contributed by atoms with Gasteiger partial charge in [0.1, 0.15) is 0 Å². The van der Waals surface area contributed by atoms with Gasteiger partial charge in [0.05, 0.1) is 0 Å². The largest absolute Gasteiger partial charge is 0.313 e. The summed E-state index contributed by atoms with van der Waals surface area (Å²) in [5.41, 5.74) is 1.47. The van der Waals surface area contributed by atoms with Crippen LogP contribution in [0.25, 0.3) is 0 Å². The summed E-state index contributed by atoms with van der Waals surface area (Å²) >= 11 is 12.1. The van der Waals surface area contributed by atoms with Crippen LogP contribution in [0.1, 0.15) is 45.2 Å². The average Bonchev–Trinajstić information content (AvgIpc) is 2.19. The van der Waals surface area contributed by atoms with Gasteiger partial charge in [-0.1, -0.05) is 50.0 Å². The molecule has 1 N–H and O–H groups in total. The SMILES string of the molecule is CNC(CCC(C)(C)C)c1ccc(Cl)cc1Cl. The summed E-state index contributed by atoms with van der Waals surface area (Å²) in [5, 5.41) is 4.75. The summed E-state index contributed by atoms with van der Waals surface area (Å²) in [6.45, 7) is 6.76. The Bertz CT molecular complexity index is 369. The molecule has 17 heavy (non-hydrogen) atoms. The second kappa shape index (κ2) is 6.08. The highest BCUT2D eigenvalue weighted by Gasteiger charge is 2.17. The number of benzene rings is 1. The lowest BCUT2D eigenvalue weighted by Crippen LogP contribution is -2.19. The predicted octanol–water partition coefficient (Wildman–Crippen LogP) is 5.08. The quantitative estimate of drug-likeness (QED) is 0.807. The number of nitrogens with one attached hydrogen (secondary N) is 1. The van der Waals surface area contributed by atoms with Crippen LogP contribution in [-0.2, 0) is 0 Å². The van der Waals surface area contributed by atoms with Crippen molar-refractivity contribution < 1.29 is 0 Å². The predicted molar refractivity (Wildman–Crippen MR) is 77.0 cm³/mol. The van der Waals surface area contributed by atoms with Gasteiger partial charge < -0.3 is 5.32 Å². The number of hydrogen-bond donors (Lipinski definition) is 1. The molecule has 0 saturated carbocycles. The molecule has 0 aliphatic heterocycles. The van der Waals surface area contributed by atoms with Gasteiger partial charge in [0, 0.05) is 16.1 Å². The fourth-order valence-electron chi connectivity index (χ4n) is 1.82. The Balaban J connectivity index is 2.79. The van der Waals surface area contributed by atoms with Gasteiger partial charge in [-0.05, 0) is 43.0 Å². The van der Waals surface area contributed by atoms with Crippen LogP contribution in [0.5, 0.6) is 0 Å². The molecule has 1 rings (SSSR count). The van der Waals surface area contributed by atoms with Crippen LogP contribution in [0, 0.1) is 5.41 Å². The van der Waals surface area contributed by atoms with Crippen LogP contribution in [0.2, 0.25) is 10.0 Å². The second-order valence-corrected chi connectivity index (χ2v) is 6.45. The Kier molecular flexibility index (Phi) is 5.30. The van der Waals surface area contributed by atoms with Gasteiger partial charge in [-0.3, -0.25) is 0 Å². The smallest absolute Gasteiger partial charge is 0.0468 e. The Morgan fingerprint density at radius 3 is 2.35 bits per heavy atom. The van der Waals surface area contributed by atoms with Crippen molar-refractivity contribution in [2.75, 3.05) is 7.05 Å². The van der Waals surface area contributed by atoms with Crippen LogP contribution >= 0.6 is 23.2 Å². The maximum atomic E-state index is 6.23. The highest BCUT2D eigenvalue weighted by atomic mass is 35.5. The molecule has 0 aromatic heterocycles. The van der Waals surface area contributed by atoms with E-state index in [1.165, 1.54) is 0 Å². The molecule has 96 valence electrons. The van der Waals surface area contributed by atoms with Crippen LogP contribution < -0.4 is 5.32 Å². The topological polar surface area (TPSA) is 12.0 Å². The molecule has 0 aliphatic carbocycles. The molecule has 0 amide bonds. The van der Waals surface area contributed by atoms with E-state index in [1.54, 1.807) is 6.07 Å². The van der Waals surface area contributed by atoms with Gasteiger partial charge in [-0.25, -0.2) is 0 Å². The molecule has 0 bridgehead atoms. The van der Waals surface area contributed by atoms with Gasteiger partial charge in [0.15, 0.2) is 0 Å². The Morgan fingerprint density at radius 1 is 1.24 bits per heavy atom. The molecule has 1 unspecified atom stereocenters. The highest BCUT2D eigenvalue weighted by Crippen LogP contribution is 2.31. The summed E-state index contributed by atoms with van der Waals surface area (Å²) in [4.78, 5) is 0. The minimum absolute atomic E-state index is 0.291. The van der Waals surface area contributed by atoms with Crippen LogP contribution in [0.3, 0.4) is 0 Å². The standard InChI is InChI=1S/C14H21Cl2N/c1-14(2,3)8-7-13(17-4)11-6-5-10(15)9-12(11)16/h5-6,9,13,17H,7-8H2,1-4H3. The molecule has 1 aromatic rings. The molecule has 1 nitrogen and oxygen atoms in total. The lowest BCUT2D eigenvalue weighted by Gasteiger charge is -2.24. The van der Waals surface area contributed by atoms with Gasteiger partial charge in [-0.2, -0.15) is 0 Å². The molecule has 1 aromatic carbocycles. The first-order valence-electron chi connectivity index (χ1n) is 5.96. The van der Waals surface area contributed by atoms with Crippen LogP contribution in [-0.4, -0.2) is 7.05 Å². The zero-order valence-electron chi connectivity index (χ0n) is 11.0. The van der Waals surface area contributed by atoms with E-state index in [-0.39, 0.29) is 0 Å². The van der Waals surface area contributed by atoms with E-state index >= 15 is 0 Å². The maximum Gasteiger partial charge on any atom is 0.0468 e. The van der Waals surface area contributed by atoms with Crippen molar-refractivity contribution in [3.63, 3.8) is 0 Å². The normalized spacial score (nSPS) is 13.8. The van der Waals surface area contributed by atoms with E-state index in [1.807, 2.05) is 19.2 Å². The molecule has 0 spiro atoms. The lowest BCUT2D eigenvalue weighted by molar-refractivity contribution is 0.338. The van der Waals surface area contributed by atoms with E-state index in [4.69, 9.17) is 23.2 Å². The molecule has 0 aliphatic rings. The summed E-state index contributed by atoms with van der Waals surface area (Å²) in [6, 6.07) is 6.00. The van der Waals surface area contributed by atoms with Gasteiger partial charge in [-0.15, -0.1) is 0 Å². The summed E-state index contributed by atoms with van der Waals surface area (Å²) in [7, 11) is 1.97. The van der Waals surface area contributed by atoms with Crippen molar-refractivity contribution >= 4 is 23.2 Å². The van der Waals surface area contributed by atoms with Crippen LogP contribution in [0.4, 0.5) is 0 Å². The monoisotopic (exact) mass is 273 g/mol. The van der Waals surface area contributed by atoms with E-state index in [0.717, 1.165) is 23.4 Å². The molecule has 3 heteroatoms. The molecule has 1 atom stereocenters. The second-order valence-electron chi connectivity index (χ2n) is 5.61. The summed E-state index contributed by atoms with van der Waals surface area (Å²) in [5.74, 6) is 0. The summed E-state index contributed by atoms with van der Waals surface area (Å²) in [6.07, 6.45) is 2.22. The third-order valence-corrected chi connectivity index (χ3v) is 3.43. The molecule has 0 heterocycles. The fourth-order valence-corrected chi connectivity index (χ4v) is 2.36. The molecule has 0 saturated heterocycles. The molecular weight excluding hydrogens is 253 g/mol. The fraction of sp³-hybridized carbons (Fsp3) is 0.571. The lowest BCUT2D eigenvalue weighted by atomic mass is 9.87. The number of rotatable bonds is 4. The van der Waals surface area contributed by atoms with Crippen molar-refractivity contribution in [2.45, 2.75) is 39.7 Å². The average molecular weight is 274 g/mol. The van der Waals surface area contributed by atoms with E-state index < -0.39 is 0 Å². The first-order valence-corrected chi connectivity index (χ1v) is 6.71. The minimum Gasteiger partial charge on any atom is -0.313 e. The molecule has 0 radical (unpaired) electrons. The van der Waals surface area contributed by atoms with Crippen molar-refractivity contribution in [2.24, 2.45) is 5.41 Å². The summed E-state index contributed by atoms with van der Waals surface area (Å²) < 4.78 is 0. The van der Waals surface area contributed by atoms with E-state index in [2.05, 4.69) is 26.1 Å². The maximum absolute atomic E-state index is 6.23.